The van der Waals surface area contributed by atoms with Crippen molar-refractivity contribution in [2.75, 3.05) is 0 Å². The summed E-state index contributed by atoms with van der Waals surface area (Å²) in [6.07, 6.45) is 0. The molecule has 1 aromatic heterocycles. The van der Waals surface area contributed by atoms with E-state index >= 15 is 0 Å². The first-order valence-corrected chi connectivity index (χ1v) is 4.62. The summed E-state index contributed by atoms with van der Waals surface area (Å²) >= 11 is 0. The first-order valence-electron chi connectivity index (χ1n) is 4.62. The number of hydrogen-bond donors (Lipinski definition) is 0. The van der Waals surface area contributed by atoms with Gasteiger partial charge in [0.1, 0.15) is 0 Å². The Kier molecular flexibility index (Phi) is 2.26. The van der Waals surface area contributed by atoms with Gasteiger partial charge in [0.15, 0.2) is 5.82 Å². The lowest BCUT2D eigenvalue weighted by Crippen LogP contribution is -1.99. The minimum atomic E-state index is 0.312. The zero-order valence-electron chi connectivity index (χ0n) is 8.25. The van der Waals surface area contributed by atoms with E-state index < -0.39 is 0 Å². The average Bonchev–Trinajstić information content (AvgIpc) is 2.68. The topological polar surface area (TPSA) is 43.6 Å². The van der Waals surface area contributed by atoms with Crippen molar-refractivity contribution in [1.82, 2.24) is 20.2 Å². The molecule has 0 atom stereocenters. The third-order valence-electron chi connectivity index (χ3n) is 1.93. The summed E-state index contributed by atoms with van der Waals surface area (Å²) in [5, 5.41) is 12.2. The van der Waals surface area contributed by atoms with Crippen LogP contribution < -0.4 is 0 Å². The lowest BCUT2D eigenvalue weighted by molar-refractivity contribution is 0.712. The highest BCUT2D eigenvalue weighted by molar-refractivity contribution is 5.27. The Balaban J connectivity index is 2.34. The molecule has 1 heterocycles. The fraction of sp³-hybridized carbons (Fsp3) is 0.300. The summed E-state index contributed by atoms with van der Waals surface area (Å²) in [5.74, 6) is 1.08. The molecule has 2 aromatic rings. The summed E-state index contributed by atoms with van der Waals surface area (Å²) in [4.78, 5) is 1.55. The van der Waals surface area contributed by atoms with Crippen LogP contribution in [-0.2, 0) is 0 Å². The molecule has 0 aliphatic rings. The van der Waals surface area contributed by atoms with E-state index in [0.717, 1.165) is 11.5 Å². The van der Waals surface area contributed by atoms with E-state index in [1.165, 1.54) is 0 Å². The highest BCUT2D eigenvalue weighted by Crippen LogP contribution is 2.08. The predicted octanol–water partition coefficient (Wildman–Crippen LogP) is 1.79. The molecule has 14 heavy (non-hydrogen) atoms. The molecule has 0 unspecified atom stereocenters. The molecule has 0 spiro atoms. The van der Waals surface area contributed by atoms with Crippen LogP contribution in [0, 0.1) is 0 Å². The molecule has 0 saturated carbocycles. The van der Waals surface area contributed by atoms with Crippen LogP contribution in [0.2, 0.25) is 0 Å². The van der Waals surface area contributed by atoms with E-state index in [-0.39, 0.29) is 0 Å². The van der Waals surface area contributed by atoms with Gasteiger partial charge < -0.3 is 0 Å². The number of rotatable bonds is 2. The van der Waals surface area contributed by atoms with Gasteiger partial charge in [0.25, 0.3) is 0 Å². The predicted molar refractivity (Wildman–Crippen MR) is 53.2 cm³/mol. The average molecular weight is 188 g/mol. The van der Waals surface area contributed by atoms with Crippen LogP contribution in [0.25, 0.3) is 5.69 Å². The second-order valence-electron chi connectivity index (χ2n) is 3.43. The van der Waals surface area contributed by atoms with Crippen LogP contribution >= 0.6 is 0 Å². The summed E-state index contributed by atoms with van der Waals surface area (Å²) in [7, 11) is 0. The van der Waals surface area contributed by atoms with Crippen molar-refractivity contribution in [3.8, 4) is 5.69 Å². The Morgan fingerprint density at radius 2 is 1.86 bits per heavy atom. The largest absolute Gasteiger partial charge is 0.177 e. The number of aromatic nitrogens is 4. The summed E-state index contributed by atoms with van der Waals surface area (Å²) < 4.78 is 0. The SMILES string of the molecule is CC(C)c1nnn(-c2ccccc2)n1. The summed E-state index contributed by atoms with van der Waals surface area (Å²) in [6.45, 7) is 4.10. The van der Waals surface area contributed by atoms with Crippen molar-refractivity contribution < 1.29 is 0 Å². The lowest BCUT2D eigenvalue weighted by atomic mass is 10.2. The van der Waals surface area contributed by atoms with Gasteiger partial charge in [-0.3, -0.25) is 0 Å². The molecule has 0 aliphatic heterocycles. The number of nitrogens with zero attached hydrogens (tertiary/aromatic N) is 4. The van der Waals surface area contributed by atoms with E-state index in [0.29, 0.717) is 5.92 Å². The maximum Gasteiger partial charge on any atom is 0.177 e. The van der Waals surface area contributed by atoms with Gasteiger partial charge in [0, 0.05) is 5.92 Å². The molecular formula is C10H12N4. The molecule has 0 aliphatic carbocycles. The Morgan fingerprint density at radius 3 is 2.43 bits per heavy atom. The Morgan fingerprint density at radius 1 is 1.14 bits per heavy atom. The first-order chi connectivity index (χ1) is 6.77. The maximum absolute atomic E-state index is 4.27. The zero-order chi connectivity index (χ0) is 9.97. The fourth-order valence-electron chi connectivity index (χ4n) is 1.13. The van der Waals surface area contributed by atoms with E-state index in [9.17, 15) is 0 Å². The van der Waals surface area contributed by atoms with Crippen molar-refractivity contribution in [2.24, 2.45) is 0 Å². The molecule has 72 valence electrons. The molecule has 0 radical (unpaired) electrons. The third kappa shape index (κ3) is 1.64. The molecule has 0 bridgehead atoms. The number of benzene rings is 1. The van der Waals surface area contributed by atoms with Gasteiger partial charge in [-0.1, -0.05) is 32.0 Å². The Hall–Kier alpha value is -1.71. The van der Waals surface area contributed by atoms with Crippen LogP contribution in [0.4, 0.5) is 0 Å². The monoisotopic (exact) mass is 188 g/mol. The van der Waals surface area contributed by atoms with Gasteiger partial charge in [-0.05, 0) is 17.3 Å². The van der Waals surface area contributed by atoms with Crippen LogP contribution in [0.5, 0.6) is 0 Å². The molecule has 0 N–H and O–H groups in total. The van der Waals surface area contributed by atoms with Gasteiger partial charge in [0.2, 0.25) is 0 Å². The minimum absolute atomic E-state index is 0.312. The Labute approximate surface area is 82.6 Å². The number of hydrogen-bond acceptors (Lipinski definition) is 3. The maximum atomic E-state index is 4.27. The molecule has 0 amide bonds. The smallest absolute Gasteiger partial charge is 0.131 e. The molecule has 4 nitrogen and oxygen atoms in total. The lowest BCUT2D eigenvalue weighted by Gasteiger charge is -1.96. The highest BCUT2D eigenvalue weighted by Gasteiger charge is 2.07. The first kappa shape index (κ1) is 8.87. The van der Waals surface area contributed by atoms with Gasteiger partial charge in [0.05, 0.1) is 5.69 Å². The van der Waals surface area contributed by atoms with Crippen LogP contribution in [0.1, 0.15) is 25.6 Å². The molecular weight excluding hydrogens is 176 g/mol. The minimum Gasteiger partial charge on any atom is -0.131 e. The van der Waals surface area contributed by atoms with Gasteiger partial charge in [-0.15, -0.1) is 15.0 Å². The normalized spacial score (nSPS) is 10.8. The summed E-state index contributed by atoms with van der Waals surface area (Å²) in [5.41, 5.74) is 0.937. The zero-order valence-corrected chi connectivity index (χ0v) is 8.25. The standard InChI is InChI=1S/C10H12N4/c1-8(2)10-11-13-14(12-10)9-6-4-3-5-7-9/h3-8H,1-2H3. The van der Waals surface area contributed by atoms with Crippen LogP contribution in [0.15, 0.2) is 30.3 Å². The highest BCUT2D eigenvalue weighted by atomic mass is 15.6. The van der Waals surface area contributed by atoms with Crippen molar-refractivity contribution in [3.63, 3.8) is 0 Å². The molecule has 0 saturated heterocycles. The van der Waals surface area contributed by atoms with E-state index in [4.69, 9.17) is 0 Å². The van der Waals surface area contributed by atoms with Crippen molar-refractivity contribution in [2.45, 2.75) is 19.8 Å². The van der Waals surface area contributed by atoms with Gasteiger partial charge in [-0.25, -0.2) is 0 Å². The van der Waals surface area contributed by atoms with E-state index in [2.05, 4.69) is 15.4 Å². The van der Waals surface area contributed by atoms with E-state index in [1.807, 2.05) is 44.2 Å². The Bertz CT molecular complexity index is 405. The second-order valence-corrected chi connectivity index (χ2v) is 3.43. The molecule has 4 heteroatoms. The quantitative estimate of drug-likeness (QED) is 0.721. The van der Waals surface area contributed by atoms with Gasteiger partial charge >= 0.3 is 0 Å². The second kappa shape index (κ2) is 3.57. The third-order valence-corrected chi connectivity index (χ3v) is 1.93. The van der Waals surface area contributed by atoms with Crippen LogP contribution in [-0.4, -0.2) is 20.2 Å². The summed E-state index contributed by atoms with van der Waals surface area (Å²) in [6, 6.07) is 9.77. The van der Waals surface area contributed by atoms with Gasteiger partial charge in [-0.2, -0.15) is 0 Å². The van der Waals surface area contributed by atoms with Crippen LogP contribution in [0.3, 0.4) is 0 Å². The van der Waals surface area contributed by atoms with Crippen molar-refractivity contribution in [1.29, 1.82) is 0 Å². The molecule has 1 aromatic carbocycles. The van der Waals surface area contributed by atoms with E-state index in [1.54, 1.807) is 4.80 Å². The van der Waals surface area contributed by atoms with Crippen molar-refractivity contribution >= 4 is 0 Å². The fourth-order valence-corrected chi connectivity index (χ4v) is 1.13. The number of para-hydroxylation sites is 1. The number of tetrazole rings is 1. The van der Waals surface area contributed by atoms with Crippen molar-refractivity contribution in [3.05, 3.63) is 36.2 Å². The molecule has 2 rings (SSSR count). The molecule has 0 fully saturated rings.